The van der Waals surface area contributed by atoms with Gasteiger partial charge in [-0.05, 0) is 30.9 Å². The lowest BCUT2D eigenvalue weighted by Crippen LogP contribution is -2.35. The maximum absolute atomic E-state index is 13.2. The first-order valence-electron chi connectivity index (χ1n) is 10.1. The molecule has 0 bridgehead atoms. The van der Waals surface area contributed by atoms with E-state index in [2.05, 4.69) is 39.4 Å². The van der Waals surface area contributed by atoms with E-state index in [0.29, 0.717) is 28.2 Å². The summed E-state index contributed by atoms with van der Waals surface area (Å²) in [5.41, 5.74) is -0.0501. The smallest absolute Gasteiger partial charge is 0.342 e. The SMILES string of the molecule is FC(F)(F)c1ncccc1Sc1cnc2nc(N3CCC(Cn4ccnc4)CC3)[nH]c2n1. The van der Waals surface area contributed by atoms with Gasteiger partial charge in [-0.15, -0.1) is 0 Å². The first-order chi connectivity index (χ1) is 15.5. The fraction of sp³-hybridized carbons (Fsp3) is 0.350. The number of rotatable bonds is 5. The summed E-state index contributed by atoms with van der Waals surface area (Å²) >= 11 is 0.878. The Labute approximate surface area is 185 Å². The zero-order chi connectivity index (χ0) is 22.1. The van der Waals surface area contributed by atoms with Gasteiger partial charge in [0.1, 0.15) is 5.03 Å². The van der Waals surface area contributed by atoms with Crippen molar-refractivity contribution in [1.29, 1.82) is 0 Å². The molecule has 4 aromatic heterocycles. The zero-order valence-electron chi connectivity index (χ0n) is 16.8. The van der Waals surface area contributed by atoms with Crippen molar-refractivity contribution in [3.05, 3.63) is 48.9 Å². The van der Waals surface area contributed by atoms with Crippen LogP contribution in [0.15, 0.2) is 53.2 Å². The highest BCUT2D eigenvalue weighted by molar-refractivity contribution is 7.99. The molecule has 0 aromatic carbocycles. The van der Waals surface area contributed by atoms with Crippen molar-refractivity contribution in [3.63, 3.8) is 0 Å². The van der Waals surface area contributed by atoms with Crippen LogP contribution < -0.4 is 4.90 Å². The lowest BCUT2D eigenvalue weighted by atomic mass is 9.97. The summed E-state index contributed by atoms with van der Waals surface area (Å²) in [6.45, 7) is 2.66. The van der Waals surface area contributed by atoms with Gasteiger partial charge in [-0.2, -0.15) is 18.2 Å². The molecule has 166 valence electrons. The number of fused-ring (bicyclic) bond motifs is 1. The van der Waals surface area contributed by atoms with Crippen molar-refractivity contribution < 1.29 is 13.2 Å². The number of aromatic nitrogens is 7. The van der Waals surface area contributed by atoms with Crippen molar-refractivity contribution in [2.45, 2.75) is 35.5 Å². The van der Waals surface area contributed by atoms with Gasteiger partial charge < -0.3 is 14.5 Å². The molecule has 0 radical (unpaired) electrons. The quantitative estimate of drug-likeness (QED) is 0.481. The van der Waals surface area contributed by atoms with Crippen LogP contribution in [0.2, 0.25) is 0 Å². The summed E-state index contributed by atoms with van der Waals surface area (Å²) in [4.78, 5) is 26.1. The van der Waals surface area contributed by atoms with Crippen LogP contribution in [-0.4, -0.2) is 47.6 Å². The Hall–Kier alpha value is -3.15. The van der Waals surface area contributed by atoms with Crippen LogP contribution in [-0.2, 0) is 12.7 Å². The van der Waals surface area contributed by atoms with E-state index in [9.17, 15) is 13.2 Å². The molecule has 1 aliphatic heterocycles. The Morgan fingerprint density at radius 2 is 1.97 bits per heavy atom. The first kappa shape index (κ1) is 20.7. The van der Waals surface area contributed by atoms with Gasteiger partial charge in [0, 0.05) is 43.1 Å². The van der Waals surface area contributed by atoms with Crippen molar-refractivity contribution >= 4 is 29.0 Å². The van der Waals surface area contributed by atoms with E-state index in [1.54, 1.807) is 6.20 Å². The summed E-state index contributed by atoms with van der Waals surface area (Å²) in [5, 5.41) is 0.338. The van der Waals surface area contributed by atoms with Crippen LogP contribution >= 0.6 is 11.8 Å². The molecule has 12 heteroatoms. The van der Waals surface area contributed by atoms with Crippen molar-refractivity contribution in [2.24, 2.45) is 5.92 Å². The van der Waals surface area contributed by atoms with E-state index < -0.39 is 11.9 Å². The number of hydrogen-bond donors (Lipinski definition) is 1. The average molecular weight is 460 g/mol. The van der Waals surface area contributed by atoms with Gasteiger partial charge in [-0.3, -0.25) is 4.98 Å². The minimum atomic E-state index is -4.54. The fourth-order valence-electron chi connectivity index (χ4n) is 3.78. The number of H-pyrrole nitrogens is 1. The molecule has 0 spiro atoms. The van der Waals surface area contributed by atoms with E-state index in [1.165, 1.54) is 18.3 Å². The molecular formula is C20H19F3N8S. The van der Waals surface area contributed by atoms with Crippen molar-refractivity contribution in [2.75, 3.05) is 18.0 Å². The number of pyridine rings is 1. The summed E-state index contributed by atoms with van der Waals surface area (Å²) < 4.78 is 41.7. The number of piperidine rings is 1. The highest BCUT2D eigenvalue weighted by atomic mass is 32.2. The van der Waals surface area contributed by atoms with Crippen LogP contribution in [0.25, 0.3) is 11.3 Å². The largest absolute Gasteiger partial charge is 0.434 e. The van der Waals surface area contributed by atoms with E-state index in [-0.39, 0.29) is 4.90 Å². The lowest BCUT2D eigenvalue weighted by Gasteiger charge is -2.31. The molecule has 0 amide bonds. The predicted octanol–water partition coefficient (Wildman–Crippen LogP) is 4.03. The number of nitrogens with one attached hydrogen (secondary N) is 1. The number of halogens is 3. The number of alkyl halides is 3. The standard InChI is InChI=1S/C20H19F3N8S/c21-20(22,23)16-14(2-1-5-25-16)32-15-10-26-17-18(27-15)29-19(28-17)31-7-3-13(4-8-31)11-30-9-6-24-12-30/h1-2,5-6,9-10,12-13H,3-4,7-8,11H2,(H,26,27,28,29). The summed E-state index contributed by atoms with van der Waals surface area (Å²) in [6, 6.07) is 2.84. The Morgan fingerprint density at radius 1 is 1.12 bits per heavy atom. The van der Waals surface area contributed by atoms with Crippen molar-refractivity contribution in [3.8, 4) is 0 Å². The van der Waals surface area contributed by atoms with E-state index >= 15 is 0 Å². The molecule has 1 N–H and O–H groups in total. The molecule has 1 saturated heterocycles. The van der Waals surface area contributed by atoms with Gasteiger partial charge in [0.25, 0.3) is 0 Å². The lowest BCUT2D eigenvalue weighted by molar-refractivity contribution is -0.143. The minimum absolute atomic E-state index is 0.0200. The fourth-order valence-corrected chi connectivity index (χ4v) is 4.66. The Bertz CT molecular complexity index is 1200. The van der Waals surface area contributed by atoms with Gasteiger partial charge in [0.15, 0.2) is 17.0 Å². The Morgan fingerprint density at radius 3 is 2.72 bits per heavy atom. The molecule has 5 rings (SSSR count). The molecule has 4 aromatic rings. The Kier molecular flexibility index (Phi) is 5.45. The third-order valence-electron chi connectivity index (χ3n) is 5.37. The van der Waals surface area contributed by atoms with E-state index in [4.69, 9.17) is 0 Å². The van der Waals surface area contributed by atoms with Crippen molar-refractivity contribution in [1.82, 2.24) is 34.5 Å². The van der Waals surface area contributed by atoms with Gasteiger partial charge >= 0.3 is 6.18 Å². The molecule has 8 nitrogen and oxygen atoms in total. The summed E-state index contributed by atoms with van der Waals surface area (Å²) in [7, 11) is 0. The first-order valence-corrected chi connectivity index (χ1v) is 10.9. The number of hydrogen-bond acceptors (Lipinski definition) is 7. The number of anilines is 1. The van der Waals surface area contributed by atoms with Gasteiger partial charge in [0.2, 0.25) is 5.95 Å². The number of nitrogens with zero attached hydrogens (tertiary/aromatic N) is 7. The molecule has 0 aliphatic carbocycles. The van der Waals surface area contributed by atoms with Crippen LogP contribution in [0.3, 0.4) is 0 Å². The van der Waals surface area contributed by atoms with Crippen LogP contribution in [0.5, 0.6) is 0 Å². The van der Waals surface area contributed by atoms with E-state index in [0.717, 1.165) is 50.4 Å². The molecule has 32 heavy (non-hydrogen) atoms. The second-order valence-electron chi connectivity index (χ2n) is 7.58. The number of imidazole rings is 2. The maximum Gasteiger partial charge on any atom is 0.434 e. The highest BCUT2D eigenvalue weighted by Crippen LogP contribution is 2.37. The van der Waals surface area contributed by atoms with Gasteiger partial charge in [0.05, 0.1) is 12.5 Å². The molecule has 0 atom stereocenters. The van der Waals surface area contributed by atoms with Crippen LogP contribution in [0, 0.1) is 5.92 Å². The molecule has 1 aliphatic rings. The van der Waals surface area contributed by atoms with E-state index in [1.807, 2.05) is 12.5 Å². The summed E-state index contributed by atoms with van der Waals surface area (Å²) in [5.74, 6) is 1.26. The van der Waals surface area contributed by atoms with Gasteiger partial charge in [-0.1, -0.05) is 11.8 Å². The molecule has 5 heterocycles. The second kappa shape index (κ2) is 8.41. The normalized spacial score (nSPS) is 15.5. The summed E-state index contributed by atoms with van der Waals surface area (Å²) in [6.07, 6.45) is 5.67. The third-order valence-corrected chi connectivity index (χ3v) is 6.32. The topological polar surface area (TPSA) is 88.4 Å². The monoisotopic (exact) mass is 460 g/mol. The predicted molar refractivity (Wildman–Crippen MR) is 112 cm³/mol. The maximum atomic E-state index is 13.2. The second-order valence-corrected chi connectivity index (χ2v) is 8.64. The van der Waals surface area contributed by atoms with Crippen LogP contribution in [0.4, 0.5) is 19.1 Å². The third kappa shape index (κ3) is 4.40. The molecular weight excluding hydrogens is 441 g/mol. The minimum Gasteiger partial charge on any atom is -0.342 e. The van der Waals surface area contributed by atoms with Crippen LogP contribution in [0.1, 0.15) is 18.5 Å². The van der Waals surface area contributed by atoms with Gasteiger partial charge in [-0.25, -0.2) is 15.0 Å². The molecule has 0 unspecified atom stereocenters. The molecule has 0 saturated carbocycles. The highest BCUT2D eigenvalue weighted by Gasteiger charge is 2.35. The average Bonchev–Trinajstić information content (AvgIpc) is 3.43. The number of aromatic amines is 1. The zero-order valence-corrected chi connectivity index (χ0v) is 17.6. The Balaban J connectivity index is 1.29. The molecule has 1 fully saturated rings.